The Morgan fingerprint density at radius 1 is 1.06 bits per heavy atom. The van der Waals surface area contributed by atoms with Gasteiger partial charge in [-0.3, -0.25) is 0 Å². The second-order valence-corrected chi connectivity index (χ2v) is 5.28. The summed E-state index contributed by atoms with van der Waals surface area (Å²) in [6.07, 6.45) is 6.73. The molecule has 16 heavy (non-hydrogen) atoms. The monoisotopic (exact) mass is 242 g/mol. The van der Waals surface area contributed by atoms with E-state index >= 15 is 0 Å². The minimum absolute atomic E-state index is 0.390. The van der Waals surface area contributed by atoms with Crippen LogP contribution in [0.3, 0.4) is 0 Å². The van der Waals surface area contributed by atoms with Crippen LogP contribution in [0.25, 0.3) is 0 Å². The summed E-state index contributed by atoms with van der Waals surface area (Å²) >= 11 is 5.38. The van der Waals surface area contributed by atoms with E-state index in [1.165, 1.54) is 32.1 Å². The maximum atomic E-state index is 5.90. The van der Waals surface area contributed by atoms with Crippen molar-refractivity contribution < 1.29 is 4.74 Å². The fourth-order valence-corrected chi connectivity index (χ4v) is 2.71. The lowest BCUT2D eigenvalue weighted by Gasteiger charge is -2.35. The first kappa shape index (κ1) is 12.1. The van der Waals surface area contributed by atoms with Crippen LogP contribution in [0.4, 0.5) is 0 Å². The van der Waals surface area contributed by atoms with Gasteiger partial charge in [-0.2, -0.15) is 0 Å². The van der Waals surface area contributed by atoms with Crippen LogP contribution in [0.1, 0.15) is 32.1 Å². The van der Waals surface area contributed by atoms with Gasteiger partial charge in [-0.1, -0.05) is 6.42 Å². The van der Waals surface area contributed by atoms with Crippen LogP contribution in [-0.2, 0) is 4.74 Å². The Morgan fingerprint density at radius 2 is 1.69 bits per heavy atom. The quantitative estimate of drug-likeness (QED) is 0.652. The van der Waals surface area contributed by atoms with Crippen LogP contribution in [0, 0.1) is 0 Å². The van der Waals surface area contributed by atoms with E-state index in [-0.39, 0.29) is 0 Å². The molecule has 0 amide bonds. The molecule has 1 heterocycles. The predicted octanol–water partition coefficient (Wildman–Crippen LogP) is 1.87. The third-order valence-corrected chi connectivity index (χ3v) is 3.94. The summed E-state index contributed by atoms with van der Waals surface area (Å²) in [6, 6.07) is 0. The lowest BCUT2D eigenvalue weighted by molar-refractivity contribution is 0.105. The first-order chi connectivity index (χ1) is 7.75. The Hall–Kier alpha value is -0.350. The molecule has 0 unspecified atom stereocenters. The zero-order valence-electron chi connectivity index (χ0n) is 10.2. The summed E-state index contributed by atoms with van der Waals surface area (Å²) < 4.78 is 5.90. The van der Waals surface area contributed by atoms with Gasteiger partial charge in [0.25, 0.3) is 5.17 Å². The van der Waals surface area contributed by atoms with Gasteiger partial charge in [-0.05, 0) is 44.9 Å². The number of nitrogens with zero attached hydrogens (tertiary/aromatic N) is 2. The summed E-state index contributed by atoms with van der Waals surface area (Å²) in [6.45, 7) is 4.21. The van der Waals surface area contributed by atoms with Crippen molar-refractivity contribution in [1.82, 2.24) is 9.80 Å². The van der Waals surface area contributed by atoms with Crippen LogP contribution in [0.5, 0.6) is 0 Å². The van der Waals surface area contributed by atoms with Crippen LogP contribution >= 0.6 is 12.2 Å². The van der Waals surface area contributed by atoms with Crippen molar-refractivity contribution in [2.75, 3.05) is 33.2 Å². The molecule has 1 aliphatic carbocycles. The maximum absolute atomic E-state index is 5.90. The Labute approximate surface area is 104 Å². The standard InChI is InChI=1S/C12H22N2OS/c1-13-7-9-14(10-8-13)12(16)15-11-5-3-2-4-6-11/h11H,2-10H2,1H3. The van der Waals surface area contributed by atoms with Crippen LogP contribution in [0.15, 0.2) is 0 Å². The molecule has 2 aliphatic rings. The molecule has 1 saturated carbocycles. The van der Waals surface area contributed by atoms with E-state index < -0.39 is 0 Å². The van der Waals surface area contributed by atoms with Gasteiger partial charge in [0, 0.05) is 26.2 Å². The molecular formula is C12H22N2OS. The Kier molecular flexibility index (Phi) is 4.41. The van der Waals surface area contributed by atoms with E-state index in [0.717, 1.165) is 31.4 Å². The Morgan fingerprint density at radius 3 is 2.31 bits per heavy atom. The highest BCUT2D eigenvalue weighted by Crippen LogP contribution is 2.21. The summed E-state index contributed by atoms with van der Waals surface area (Å²) in [7, 11) is 2.16. The lowest BCUT2D eigenvalue weighted by atomic mass is 9.98. The van der Waals surface area contributed by atoms with Crippen LogP contribution in [-0.4, -0.2) is 54.3 Å². The second kappa shape index (κ2) is 5.82. The van der Waals surface area contributed by atoms with Crippen LogP contribution < -0.4 is 0 Å². The molecule has 0 aromatic rings. The summed E-state index contributed by atoms with van der Waals surface area (Å²) in [4.78, 5) is 4.55. The SMILES string of the molecule is CN1CCN(C(=S)OC2CCCCC2)CC1. The van der Waals surface area contributed by atoms with E-state index in [2.05, 4.69) is 16.8 Å². The number of likely N-dealkylation sites (N-methyl/N-ethyl adjacent to an activating group) is 1. The molecule has 4 heteroatoms. The van der Waals surface area contributed by atoms with Crippen molar-refractivity contribution in [3.63, 3.8) is 0 Å². The van der Waals surface area contributed by atoms with Gasteiger partial charge < -0.3 is 14.5 Å². The van der Waals surface area contributed by atoms with E-state index in [1.54, 1.807) is 0 Å². The zero-order valence-corrected chi connectivity index (χ0v) is 11.0. The third-order valence-electron chi connectivity index (χ3n) is 3.58. The van der Waals surface area contributed by atoms with Crippen molar-refractivity contribution in [3.8, 4) is 0 Å². The van der Waals surface area contributed by atoms with Gasteiger partial charge in [0.15, 0.2) is 0 Å². The first-order valence-corrected chi connectivity index (χ1v) is 6.80. The molecule has 0 aromatic heterocycles. The Bertz CT molecular complexity index is 233. The molecular weight excluding hydrogens is 220 g/mol. The van der Waals surface area contributed by atoms with Crippen molar-refractivity contribution in [1.29, 1.82) is 0 Å². The number of rotatable bonds is 1. The maximum Gasteiger partial charge on any atom is 0.259 e. The molecule has 0 atom stereocenters. The van der Waals surface area contributed by atoms with E-state index in [4.69, 9.17) is 17.0 Å². The van der Waals surface area contributed by atoms with Crippen LogP contribution in [0.2, 0.25) is 0 Å². The number of piperazine rings is 1. The highest BCUT2D eigenvalue weighted by Gasteiger charge is 2.21. The van der Waals surface area contributed by atoms with Crippen molar-refractivity contribution in [2.45, 2.75) is 38.2 Å². The summed E-state index contributed by atoms with van der Waals surface area (Å²) in [5, 5.41) is 0.736. The van der Waals surface area contributed by atoms with Gasteiger partial charge in [0.2, 0.25) is 0 Å². The molecule has 0 aromatic carbocycles. The first-order valence-electron chi connectivity index (χ1n) is 6.40. The average molecular weight is 242 g/mol. The number of ether oxygens (including phenoxy) is 1. The van der Waals surface area contributed by atoms with Gasteiger partial charge in [-0.25, -0.2) is 0 Å². The van der Waals surface area contributed by atoms with Crippen molar-refractivity contribution in [3.05, 3.63) is 0 Å². The largest absolute Gasteiger partial charge is 0.468 e. The molecule has 2 fully saturated rings. The topological polar surface area (TPSA) is 15.7 Å². The predicted molar refractivity (Wildman–Crippen MR) is 69.6 cm³/mol. The number of thiocarbonyl (C=S) groups is 1. The summed E-state index contributed by atoms with van der Waals surface area (Å²) in [5.74, 6) is 0. The highest BCUT2D eigenvalue weighted by molar-refractivity contribution is 7.80. The molecule has 0 spiro atoms. The zero-order chi connectivity index (χ0) is 11.4. The Balaban J connectivity index is 1.74. The van der Waals surface area contributed by atoms with E-state index in [1.807, 2.05) is 0 Å². The molecule has 1 saturated heterocycles. The molecule has 92 valence electrons. The molecule has 0 N–H and O–H groups in total. The van der Waals surface area contributed by atoms with Gasteiger partial charge >= 0.3 is 0 Å². The van der Waals surface area contributed by atoms with Gasteiger partial charge in [0.05, 0.1) is 0 Å². The lowest BCUT2D eigenvalue weighted by Crippen LogP contribution is -2.48. The van der Waals surface area contributed by atoms with Crippen molar-refractivity contribution >= 4 is 17.4 Å². The average Bonchev–Trinajstić information content (AvgIpc) is 2.31. The van der Waals surface area contributed by atoms with E-state index in [0.29, 0.717) is 6.10 Å². The fraction of sp³-hybridized carbons (Fsp3) is 0.917. The van der Waals surface area contributed by atoms with Gasteiger partial charge in [-0.15, -0.1) is 0 Å². The van der Waals surface area contributed by atoms with E-state index in [9.17, 15) is 0 Å². The minimum Gasteiger partial charge on any atom is -0.468 e. The smallest absolute Gasteiger partial charge is 0.259 e. The minimum atomic E-state index is 0.390. The second-order valence-electron chi connectivity index (χ2n) is 4.93. The van der Waals surface area contributed by atoms with Gasteiger partial charge in [0.1, 0.15) is 6.10 Å². The third kappa shape index (κ3) is 3.32. The van der Waals surface area contributed by atoms with Crippen molar-refractivity contribution in [2.24, 2.45) is 0 Å². The molecule has 0 bridgehead atoms. The molecule has 0 radical (unpaired) electrons. The summed E-state index contributed by atoms with van der Waals surface area (Å²) in [5.41, 5.74) is 0. The molecule has 1 aliphatic heterocycles. The number of hydrogen-bond acceptors (Lipinski definition) is 3. The molecule has 2 rings (SSSR count). The molecule has 3 nitrogen and oxygen atoms in total. The fourth-order valence-electron chi connectivity index (χ4n) is 2.39. The number of hydrogen-bond donors (Lipinski definition) is 0. The highest BCUT2D eigenvalue weighted by atomic mass is 32.1. The normalized spacial score (nSPS) is 24.4.